The number of nitrogen functional groups attached to an aromatic ring is 1. The minimum atomic E-state index is -0.00800. The highest BCUT2D eigenvalue weighted by atomic mass is 15.1. The van der Waals surface area contributed by atoms with E-state index in [9.17, 15) is 0 Å². The van der Waals surface area contributed by atoms with Gasteiger partial charge in [0.25, 0.3) is 0 Å². The highest BCUT2D eigenvalue weighted by Crippen LogP contribution is 2.16. The maximum Gasteiger partial charge on any atom is 0.143 e. The van der Waals surface area contributed by atoms with Gasteiger partial charge in [0.2, 0.25) is 0 Å². The summed E-state index contributed by atoms with van der Waals surface area (Å²) >= 11 is 0. The lowest BCUT2D eigenvalue weighted by Gasteiger charge is -2.21. The molecule has 0 amide bonds. The number of amidine groups is 1. The normalized spacial score (nSPS) is 10.2. The van der Waals surface area contributed by atoms with Crippen molar-refractivity contribution in [3.63, 3.8) is 0 Å². The van der Waals surface area contributed by atoms with Crippen LogP contribution in [0.5, 0.6) is 0 Å². The molecule has 0 aromatic carbocycles. The number of aromatic nitrogens is 2. The predicted octanol–water partition coefficient (Wildman–Crippen LogP) is 1.44. The van der Waals surface area contributed by atoms with Gasteiger partial charge < -0.3 is 10.6 Å². The number of rotatable bonds is 5. The molecule has 5 nitrogen and oxygen atoms in total. The van der Waals surface area contributed by atoms with E-state index in [1.54, 1.807) is 18.6 Å². The molecule has 0 aliphatic carbocycles. The molecule has 0 radical (unpaired) electrons. The van der Waals surface area contributed by atoms with E-state index in [1.165, 1.54) is 5.56 Å². The van der Waals surface area contributed by atoms with Crippen molar-refractivity contribution < 1.29 is 0 Å². The van der Waals surface area contributed by atoms with E-state index in [0.29, 0.717) is 5.69 Å². The number of nitrogens with one attached hydrogen (secondary N) is 1. The van der Waals surface area contributed by atoms with Crippen LogP contribution in [0, 0.1) is 5.41 Å². The standard InChI is InChI=1S/C14H17N5/c1-19(10-6-11-4-8-17-9-5-11)12-3-2-7-18-13(12)14(15)16/h2-5,7-9H,6,10H2,1H3,(H3,15,16). The van der Waals surface area contributed by atoms with E-state index < -0.39 is 0 Å². The van der Waals surface area contributed by atoms with Crippen LogP contribution in [0.1, 0.15) is 11.3 Å². The Morgan fingerprint density at radius 2 is 2.00 bits per heavy atom. The van der Waals surface area contributed by atoms with E-state index in [2.05, 4.69) is 14.9 Å². The summed E-state index contributed by atoms with van der Waals surface area (Å²) in [6.45, 7) is 0.829. The van der Waals surface area contributed by atoms with Crippen molar-refractivity contribution in [2.24, 2.45) is 5.73 Å². The number of hydrogen-bond acceptors (Lipinski definition) is 4. The zero-order chi connectivity index (χ0) is 13.7. The fraction of sp³-hybridized carbons (Fsp3) is 0.214. The third kappa shape index (κ3) is 3.28. The second kappa shape index (κ2) is 5.95. The van der Waals surface area contributed by atoms with Gasteiger partial charge in [-0.3, -0.25) is 15.4 Å². The maximum absolute atomic E-state index is 7.55. The molecular formula is C14H17N5. The van der Waals surface area contributed by atoms with Gasteiger partial charge in [0.15, 0.2) is 0 Å². The lowest BCUT2D eigenvalue weighted by Crippen LogP contribution is -2.25. The minimum absolute atomic E-state index is 0.00800. The van der Waals surface area contributed by atoms with Crippen LogP contribution < -0.4 is 10.6 Å². The van der Waals surface area contributed by atoms with Gasteiger partial charge in [-0.25, -0.2) is 0 Å². The second-order valence-electron chi connectivity index (χ2n) is 4.31. The van der Waals surface area contributed by atoms with Crippen LogP contribution in [-0.2, 0) is 6.42 Å². The highest BCUT2D eigenvalue weighted by molar-refractivity contribution is 5.98. The first kappa shape index (κ1) is 13.0. The number of nitrogens with zero attached hydrogens (tertiary/aromatic N) is 3. The van der Waals surface area contributed by atoms with Gasteiger partial charge in [-0.15, -0.1) is 0 Å². The zero-order valence-corrected chi connectivity index (χ0v) is 10.9. The number of anilines is 1. The molecule has 2 heterocycles. The molecule has 5 heteroatoms. The SMILES string of the molecule is CN(CCc1ccncc1)c1cccnc1C(=N)N. The fourth-order valence-electron chi connectivity index (χ4n) is 1.88. The molecule has 0 saturated heterocycles. The molecule has 0 bridgehead atoms. The third-order valence-corrected chi connectivity index (χ3v) is 2.94. The number of nitrogens with two attached hydrogens (primary N) is 1. The summed E-state index contributed by atoms with van der Waals surface area (Å²) in [6.07, 6.45) is 6.14. The van der Waals surface area contributed by atoms with Crippen LogP contribution in [0.3, 0.4) is 0 Å². The molecule has 0 saturated carbocycles. The van der Waals surface area contributed by atoms with Gasteiger partial charge in [-0.05, 0) is 36.2 Å². The van der Waals surface area contributed by atoms with Crippen LogP contribution >= 0.6 is 0 Å². The molecular weight excluding hydrogens is 238 g/mol. The summed E-state index contributed by atoms with van der Waals surface area (Å²) in [5.74, 6) is -0.00800. The van der Waals surface area contributed by atoms with Crippen molar-refractivity contribution in [2.45, 2.75) is 6.42 Å². The Bertz CT molecular complexity index is 553. The van der Waals surface area contributed by atoms with Gasteiger partial charge in [0.05, 0.1) is 5.69 Å². The molecule has 2 aromatic heterocycles. The Morgan fingerprint density at radius 3 is 2.68 bits per heavy atom. The van der Waals surface area contributed by atoms with Gasteiger partial charge in [0, 0.05) is 32.2 Å². The smallest absolute Gasteiger partial charge is 0.143 e. The predicted molar refractivity (Wildman–Crippen MR) is 76.5 cm³/mol. The van der Waals surface area contributed by atoms with Gasteiger partial charge in [0.1, 0.15) is 11.5 Å². The fourth-order valence-corrected chi connectivity index (χ4v) is 1.88. The van der Waals surface area contributed by atoms with Crippen LogP contribution in [0.2, 0.25) is 0 Å². The number of likely N-dealkylation sites (N-methyl/N-ethyl adjacent to an activating group) is 1. The molecule has 0 aliphatic rings. The van der Waals surface area contributed by atoms with Crippen LogP contribution in [0.25, 0.3) is 0 Å². The van der Waals surface area contributed by atoms with Crippen molar-refractivity contribution in [1.82, 2.24) is 9.97 Å². The molecule has 98 valence electrons. The summed E-state index contributed by atoms with van der Waals surface area (Å²) in [7, 11) is 1.98. The van der Waals surface area contributed by atoms with E-state index in [0.717, 1.165) is 18.7 Å². The van der Waals surface area contributed by atoms with Crippen LogP contribution in [0.4, 0.5) is 5.69 Å². The Kier molecular flexibility index (Phi) is 4.07. The molecule has 0 spiro atoms. The Labute approximate surface area is 112 Å². The Morgan fingerprint density at radius 1 is 1.26 bits per heavy atom. The average Bonchev–Trinajstić information content (AvgIpc) is 2.46. The molecule has 19 heavy (non-hydrogen) atoms. The van der Waals surface area contributed by atoms with Gasteiger partial charge in [-0.1, -0.05) is 0 Å². The van der Waals surface area contributed by atoms with E-state index >= 15 is 0 Å². The van der Waals surface area contributed by atoms with Crippen LogP contribution in [0.15, 0.2) is 42.9 Å². The number of pyridine rings is 2. The third-order valence-electron chi connectivity index (χ3n) is 2.94. The topological polar surface area (TPSA) is 78.9 Å². The summed E-state index contributed by atoms with van der Waals surface area (Å²) in [5.41, 5.74) is 8.18. The van der Waals surface area contributed by atoms with E-state index in [4.69, 9.17) is 11.1 Å². The zero-order valence-electron chi connectivity index (χ0n) is 10.9. The first-order chi connectivity index (χ1) is 9.18. The van der Waals surface area contributed by atoms with Crippen molar-refractivity contribution in [2.75, 3.05) is 18.5 Å². The molecule has 0 aliphatic heterocycles. The van der Waals surface area contributed by atoms with E-state index in [1.807, 2.05) is 31.3 Å². The summed E-state index contributed by atoms with van der Waals surface area (Å²) in [5, 5.41) is 7.55. The molecule has 3 N–H and O–H groups in total. The number of hydrogen-bond donors (Lipinski definition) is 2. The van der Waals surface area contributed by atoms with Crippen LogP contribution in [-0.4, -0.2) is 29.4 Å². The van der Waals surface area contributed by atoms with Gasteiger partial charge in [-0.2, -0.15) is 0 Å². The molecule has 2 rings (SSSR count). The largest absolute Gasteiger partial charge is 0.382 e. The van der Waals surface area contributed by atoms with Crippen molar-refractivity contribution in [1.29, 1.82) is 5.41 Å². The molecule has 0 fully saturated rings. The van der Waals surface area contributed by atoms with Gasteiger partial charge >= 0.3 is 0 Å². The lowest BCUT2D eigenvalue weighted by molar-refractivity contribution is 0.870. The summed E-state index contributed by atoms with van der Waals surface area (Å²) in [4.78, 5) is 10.2. The first-order valence-electron chi connectivity index (χ1n) is 6.08. The Hall–Kier alpha value is -2.43. The second-order valence-corrected chi connectivity index (χ2v) is 4.31. The van der Waals surface area contributed by atoms with Crippen molar-refractivity contribution in [3.8, 4) is 0 Å². The molecule has 2 aromatic rings. The first-order valence-corrected chi connectivity index (χ1v) is 6.08. The molecule has 0 unspecified atom stereocenters. The van der Waals surface area contributed by atoms with Crippen molar-refractivity contribution >= 4 is 11.5 Å². The average molecular weight is 255 g/mol. The monoisotopic (exact) mass is 255 g/mol. The highest BCUT2D eigenvalue weighted by Gasteiger charge is 2.10. The Balaban J connectivity index is 2.08. The quantitative estimate of drug-likeness (QED) is 0.626. The van der Waals surface area contributed by atoms with E-state index in [-0.39, 0.29) is 5.84 Å². The molecule has 0 atom stereocenters. The summed E-state index contributed by atoms with van der Waals surface area (Å²) in [6, 6.07) is 7.78. The lowest BCUT2D eigenvalue weighted by atomic mass is 10.2. The van der Waals surface area contributed by atoms with Crippen molar-refractivity contribution in [3.05, 3.63) is 54.1 Å². The summed E-state index contributed by atoms with van der Waals surface area (Å²) < 4.78 is 0. The minimum Gasteiger partial charge on any atom is -0.382 e. The maximum atomic E-state index is 7.55.